The fraction of sp³-hybridized carbons (Fsp3) is 0.0714. The molecule has 2 aromatic heterocycles. The third-order valence-electron chi connectivity index (χ3n) is 3.07. The first-order chi connectivity index (χ1) is 10.9. The molecule has 5 nitrogen and oxygen atoms in total. The van der Waals surface area contributed by atoms with Gasteiger partial charge in [0.1, 0.15) is 11.6 Å². The molecule has 0 radical (unpaired) electrons. The molecule has 2 heterocycles. The van der Waals surface area contributed by atoms with Crippen LogP contribution in [-0.2, 0) is 6.18 Å². The van der Waals surface area contributed by atoms with E-state index in [1.807, 2.05) is 6.07 Å². The topological polar surface area (TPSA) is 66.0 Å². The van der Waals surface area contributed by atoms with Crippen LogP contribution in [0.2, 0.25) is 5.02 Å². The van der Waals surface area contributed by atoms with Gasteiger partial charge >= 0.3 is 6.18 Å². The number of fused-ring (bicyclic) bond motifs is 1. The molecule has 0 saturated carbocycles. The summed E-state index contributed by atoms with van der Waals surface area (Å²) in [6.07, 6.45) is -1.79. The molecule has 0 spiro atoms. The molecule has 0 aliphatic carbocycles. The first-order valence-corrected chi connectivity index (χ1v) is 6.64. The number of hydrogen-bond acceptors (Lipinski definition) is 4. The number of nitriles is 1. The van der Waals surface area contributed by atoms with E-state index < -0.39 is 16.8 Å². The predicted molar refractivity (Wildman–Crippen MR) is 77.4 cm³/mol. The van der Waals surface area contributed by atoms with E-state index in [0.29, 0.717) is 5.65 Å². The Morgan fingerprint density at radius 2 is 2.04 bits per heavy atom. The lowest BCUT2D eigenvalue weighted by Crippen LogP contribution is -2.08. The molecule has 0 bridgehead atoms. The van der Waals surface area contributed by atoms with Gasteiger partial charge in [-0.1, -0.05) is 11.6 Å². The van der Waals surface area contributed by atoms with Gasteiger partial charge in [0.2, 0.25) is 0 Å². The van der Waals surface area contributed by atoms with E-state index in [4.69, 9.17) is 16.9 Å². The Bertz CT molecular complexity index is 926. The molecule has 1 N–H and O–H groups in total. The molecular formula is C14H7ClF3N5. The van der Waals surface area contributed by atoms with Crippen molar-refractivity contribution in [3.63, 3.8) is 0 Å². The maximum absolute atomic E-state index is 12.9. The quantitative estimate of drug-likeness (QED) is 0.767. The molecule has 9 heteroatoms. The molecule has 0 amide bonds. The summed E-state index contributed by atoms with van der Waals surface area (Å²) in [6, 6.07) is 6.92. The number of rotatable bonds is 2. The van der Waals surface area contributed by atoms with Crippen LogP contribution in [0.5, 0.6) is 0 Å². The van der Waals surface area contributed by atoms with Gasteiger partial charge in [-0.2, -0.15) is 28.0 Å². The van der Waals surface area contributed by atoms with Gasteiger partial charge < -0.3 is 5.32 Å². The van der Waals surface area contributed by atoms with E-state index in [9.17, 15) is 13.2 Å². The largest absolute Gasteiger partial charge is 0.417 e. The summed E-state index contributed by atoms with van der Waals surface area (Å²) in [7, 11) is 0. The van der Waals surface area contributed by atoms with E-state index >= 15 is 0 Å². The molecule has 116 valence electrons. The predicted octanol–water partition coefficient (Wildman–Crippen LogP) is 4.02. The third-order valence-corrected chi connectivity index (χ3v) is 3.40. The monoisotopic (exact) mass is 337 g/mol. The highest BCUT2D eigenvalue weighted by molar-refractivity contribution is 6.31. The summed E-state index contributed by atoms with van der Waals surface area (Å²) in [5.41, 5.74) is -0.240. The summed E-state index contributed by atoms with van der Waals surface area (Å²) in [4.78, 5) is 4.02. The van der Waals surface area contributed by atoms with Crippen LogP contribution in [-0.4, -0.2) is 14.6 Å². The van der Waals surface area contributed by atoms with Crippen molar-refractivity contribution < 1.29 is 13.2 Å². The molecule has 0 aliphatic rings. The van der Waals surface area contributed by atoms with E-state index in [1.165, 1.54) is 23.0 Å². The minimum absolute atomic E-state index is 0.126. The minimum Gasteiger partial charge on any atom is -0.339 e. The van der Waals surface area contributed by atoms with Crippen molar-refractivity contribution in [2.75, 3.05) is 5.32 Å². The van der Waals surface area contributed by atoms with Crippen LogP contribution in [0.3, 0.4) is 0 Å². The van der Waals surface area contributed by atoms with E-state index in [-0.39, 0.29) is 17.1 Å². The van der Waals surface area contributed by atoms with Crippen molar-refractivity contribution in [3.8, 4) is 6.07 Å². The normalized spacial score (nSPS) is 11.4. The van der Waals surface area contributed by atoms with Crippen molar-refractivity contribution in [1.29, 1.82) is 5.26 Å². The maximum Gasteiger partial charge on any atom is 0.417 e. The number of benzene rings is 1. The summed E-state index contributed by atoms with van der Waals surface area (Å²) in [5.74, 6) is 0.220. The van der Waals surface area contributed by atoms with Gasteiger partial charge in [-0.25, -0.2) is 4.98 Å². The number of anilines is 2. The molecule has 3 rings (SSSR count). The Kier molecular flexibility index (Phi) is 3.58. The highest BCUT2D eigenvalue weighted by Gasteiger charge is 2.33. The molecular weight excluding hydrogens is 331 g/mol. The van der Waals surface area contributed by atoms with Crippen LogP contribution >= 0.6 is 11.6 Å². The van der Waals surface area contributed by atoms with Gasteiger partial charge in [-0.15, -0.1) is 0 Å². The zero-order valence-electron chi connectivity index (χ0n) is 11.3. The first kappa shape index (κ1) is 15.1. The van der Waals surface area contributed by atoms with Crippen LogP contribution < -0.4 is 5.32 Å². The summed E-state index contributed by atoms with van der Waals surface area (Å²) in [6.45, 7) is 0. The molecule has 0 fully saturated rings. The lowest BCUT2D eigenvalue weighted by atomic mass is 10.2. The Morgan fingerprint density at radius 1 is 1.26 bits per heavy atom. The number of hydrogen-bond donors (Lipinski definition) is 1. The lowest BCUT2D eigenvalue weighted by Gasteiger charge is -2.13. The number of nitrogens with zero attached hydrogens (tertiary/aromatic N) is 4. The third kappa shape index (κ3) is 2.78. The zero-order valence-corrected chi connectivity index (χ0v) is 12.0. The minimum atomic E-state index is -4.58. The number of halogens is 4. The molecule has 0 aliphatic heterocycles. The SMILES string of the molecule is N#Cc1cnc2ccnn2c1Nc1ccc(Cl)c(C(F)(F)F)c1. The maximum atomic E-state index is 12.9. The van der Waals surface area contributed by atoms with Crippen molar-refractivity contribution >= 4 is 28.8 Å². The fourth-order valence-corrected chi connectivity index (χ4v) is 2.26. The fourth-order valence-electron chi connectivity index (χ4n) is 2.03. The van der Waals surface area contributed by atoms with Gasteiger partial charge in [0.15, 0.2) is 11.5 Å². The average Bonchev–Trinajstić information content (AvgIpc) is 2.97. The Hall–Kier alpha value is -2.79. The van der Waals surface area contributed by atoms with Crippen LogP contribution in [0.4, 0.5) is 24.7 Å². The second kappa shape index (κ2) is 5.44. The van der Waals surface area contributed by atoms with Crippen LogP contribution in [0.25, 0.3) is 5.65 Å². The highest BCUT2D eigenvalue weighted by atomic mass is 35.5. The highest BCUT2D eigenvalue weighted by Crippen LogP contribution is 2.36. The van der Waals surface area contributed by atoms with Gasteiger partial charge in [-0.3, -0.25) is 0 Å². The van der Waals surface area contributed by atoms with Gasteiger partial charge in [0.25, 0.3) is 0 Å². The summed E-state index contributed by atoms with van der Waals surface area (Å²) in [5, 5.41) is 15.5. The molecule has 1 aromatic carbocycles. The van der Waals surface area contributed by atoms with Gasteiger partial charge in [0.05, 0.1) is 23.0 Å². The second-order valence-electron chi connectivity index (χ2n) is 4.55. The van der Waals surface area contributed by atoms with Crippen LogP contribution in [0, 0.1) is 11.3 Å². The number of nitrogens with one attached hydrogen (secondary N) is 1. The van der Waals surface area contributed by atoms with Crippen LogP contribution in [0.15, 0.2) is 36.7 Å². The smallest absolute Gasteiger partial charge is 0.339 e. The molecule has 0 atom stereocenters. The van der Waals surface area contributed by atoms with Crippen molar-refractivity contribution in [2.45, 2.75) is 6.18 Å². The molecule has 3 aromatic rings. The average molecular weight is 338 g/mol. The van der Waals surface area contributed by atoms with Crippen LogP contribution in [0.1, 0.15) is 11.1 Å². The van der Waals surface area contributed by atoms with E-state index in [1.54, 1.807) is 6.07 Å². The zero-order chi connectivity index (χ0) is 16.6. The molecule has 0 unspecified atom stereocenters. The Morgan fingerprint density at radius 3 is 2.74 bits per heavy atom. The Balaban J connectivity index is 2.10. The van der Waals surface area contributed by atoms with Crippen molar-refractivity contribution in [1.82, 2.24) is 14.6 Å². The van der Waals surface area contributed by atoms with E-state index in [0.717, 1.165) is 12.1 Å². The number of alkyl halides is 3. The lowest BCUT2D eigenvalue weighted by molar-refractivity contribution is -0.137. The van der Waals surface area contributed by atoms with Gasteiger partial charge in [0, 0.05) is 11.8 Å². The van der Waals surface area contributed by atoms with E-state index in [2.05, 4.69) is 15.4 Å². The molecule has 23 heavy (non-hydrogen) atoms. The standard InChI is InChI=1S/C14H7ClF3N5/c15-11-2-1-9(5-10(11)14(16,17)18)22-13-8(6-19)7-20-12-3-4-21-23(12)13/h1-5,7,22H. The summed E-state index contributed by atoms with van der Waals surface area (Å²) < 4.78 is 40.1. The first-order valence-electron chi connectivity index (χ1n) is 6.27. The number of aromatic nitrogens is 3. The second-order valence-corrected chi connectivity index (χ2v) is 4.96. The van der Waals surface area contributed by atoms with Gasteiger partial charge in [-0.05, 0) is 18.2 Å². The van der Waals surface area contributed by atoms with Crippen molar-refractivity contribution in [2.24, 2.45) is 0 Å². The molecule has 0 saturated heterocycles. The summed E-state index contributed by atoms with van der Waals surface area (Å²) >= 11 is 5.59. The van der Waals surface area contributed by atoms with Crippen molar-refractivity contribution in [3.05, 3.63) is 52.8 Å². The Labute approximate surface area is 132 Å².